The van der Waals surface area contributed by atoms with E-state index in [1.54, 1.807) is 0 Å². The van der Waals surface area contributed by atoms with Crippen molar-refractivity contribution in [2.45, 2.75) is 18.4 Å². The SMILES string of the molecule is N#CC(NC(=O)C1Cc2ccccc21)c1ccccc1. The number of benzene rings is 2. The zero-order chi connectivity index (χ0) is 13.9. The van der Waals surface area contributed by atoms with Crippen LogP contribution in [0.2, 0.25) is 0 Å². The highest BCUT2D eigenvalue weighted by Crippen LogP contribution is 2.35. The fraction of sp³-hybridized carbons (Fsp3) is 0.176. The molecule has 0 heterocycles. The van der Waals surface area contributed by atoms with E-state index in [4.69, 9.17) is 0 Å². The Labute approximate surface area is 117 Å². The summed E-state index contributed by atoms with van der Waals surface area (Å²) in [4.78, 5) is 12.3. The third-order valence-corrected chi connectivity index (χ3v) is 3.72. The summed E-state index contributed by atoms with van der Waals surface area (Å²) in [5.74, 6) is -0.190. The van der Waals surface area contributed by atoms with Gasteiger partial charge in [0.15, 0.2) is 0 Å². The van der Waals surface area contributed by atoms with Crippen molar-refractivity contribution in [2.75, 3.05) is 0 Å². The second-order valence-electron chi connectivity index (χ2n) is 4.94. The molecule has 0 bridgehead atoms. The predicted molar refractivity (Wildman–Crippen MR) is 75.8 cm³/mol. The summed E-state index contributed by atoms with van der Waals surface area (Å²) in [7, 11) is 0. The van der Waals surface area contributed by atoms with Crippen LogP contribution in [0.25, 0.3) is 0 Å². The lowest BCUT2D eigenvalue weighted by molar-refractivity contribution is -0.123. The van der Waals surface area contributed by atoms with E-state index in [0.29, 0.717) is 0 Å². The van der Waals surface area contributed by atoms with E-state index < -0.39 is 6.04 Å². The van der Waals surface area contributed by atoms with Gasteiger partial charge in [0.1, 0.15) is 6.04 Å². The Balaban J connectivity index is 1.73. The maximum absolute atomic E-state index is 12.3. The molecule has 0 aromatic heterocycles. The lowest BCUT2D eigenvalue weighted by Crippen LogP contribution is -2.37. The van der Waals surface area contributed by atoms with Crippen molar-refractivity contribution in [3.8, 4) is 6.07 Å². The highest BCUT2D eigenvalue weighted by atomic mass is 16.2. The van der Waals surface area contributed by atoms with Gasteiger partial charge in [-0.05, 0) is 23.1 Å². The van der Waals surface area contributed by atoms with Crippen molar-refractivity contribution in [3.63, 3.8) is 0 Å². The predicted octanol–water partition coefficient (Wildman–Crippen LogP) is 2.71. The molecule has 0 saturated heterocycles. The quantitative estimate of drug-likeness (QED) is 0.924. The maximum atomic E-state index is 12.3. The van der Waals surface area contributed by atoms with Crippen LogP contribution < -0.4 is 5.32 Å². The first-order valence-electron chi connectivity index (χ1n) is 6.62. The van der Waals surface area contributed by atoms with Crippen LogP contribution in [0.15, 0.2) is 54.6 Å². The second kappa shape index (κ2) is 5.18. The Hall–Kier alpha value is -2.60. The molecule has 2 aromatic rings. The zero-order valence-corrected chi connectivity index (χ0v) is 10.9. The molecule has 98 valence electrons. The number of carbonyl (C=O) groups excluding carboxylic acids is 1. The van der Waals surface area contributed by atoms with Crippen molar-refractivity contribution >= 4 is 5.91 Å². The number of amides is 1. The summed E-state index contributed by atoms with van der Waals surface area (Å²) in [5.41, 5.74) is 3.12. The Kier molecular flexibility index (Phi) is 3.22. The summed E-state index contributed by atoms with van der Waals surface area (Å²) in [6.45, 7) is 0. The molecule has 2 atom stereocenters. The number of nitriles is 1. The molecule has 0 radical (unpaired) electrons. The van der Waals surface area contributed by atoms with Gasteiger partial charge in [-0.15, -0.1) is 0 Å². The molecule has 0 saturated carbocycles. The highest BCUT2D eigenvalue weighted by Gasteiger charge is 2.32. The van der Waals surface area contributed by atoms with Crippen LogP contribution in [0.1, 0.15) is 28.7 Å². The van der Waals surface area contributed by atoms with Gasteiger partial charge in [0.2, 0.25) is 5.91 Å². The van der Waals surface area contributed by atoms with Crippen LogP contribution in [0.4, 0.5) is 0 Å². The lowest BCUT2D eigenvalue weighted by atomic mass is 9.77. The molecule has 20 heavy (non-hydrogen) atoms. The summed E-state index contributed by atoms with van der Waals surface area (Å²) in [6.07, 6.45) is 0.759. The molecule has 3 heteroatoms. The number of hydrogen-bond acceptors (Lipinski definition) is 2. The van der Waals surface area contributed by atoms with Gasteiger partial charge in [0.25, 0.3) is 0 Å². The van der Waals surface area contributed by atoms with Crippen LogP contribution in [0.5, 0.6) is 0 Å². The molecule has 3 rings (SSSR count). The van der Waals surface area contributed by atoms with Crippen LogP contribution in [0, 0.1) is 11.3 Å². The molecule has 0 fully saturated rings. The highest BCUT2D eigenvalue weighted by molar-refractivity contribution is 5.87. The summed E-state index contributed by atoms with van der Waals surface area (Å²) in [5, 5.41) is 12.1. The van der Waals surface area contributed by atoms with Crippen molar-refractivity contribution in [3.05, 3.63) is 71.3 Å². The van der Waals surface area contributed by atoms with E-state index in [0.717, 1.165) is 17.5 Å². The fourth-order valence-electron chi connectivity index (χ4n) is 2.57. The van der Waals surface area contributed by atoms with Crippen molar-refractivity contribution in [1.29, 1.82) is 5.26 Å². The third-order valence-electron chi connectivity index (χ3n) is 3.72. The molecule has 1 aliphatic rings. The average Bonchev–Trinajstić information content (AvgIpc) is 2.47. The van der Waals surface area contributed by atoms with E-state index >= 15 is 0 Å². The van der Waals surface area contributed by atoms with Gasteiger partial charge in [0.05, 0.1) is 12.0 Å². The third kappa shape index (κ3) is 2.17. The Bertz CT molecular complexity index is 673. The standard InChI is InChI=1S/C17H14N2O/c18-11-16(12-6-2-1-3-7-12)19-17(20)15-10-13-8-4-5-9-14(13)15/h1-9,15-16H,10H2,(H,19,20). The largest absolute Gasteiger partial charge is 0.336 e. The molecule has 2 unspecified atom stereocenters. The molecule has 0 aliphatic heterocycles. The van der Waals surface area contributed by atoms with Crippen LogP contribution in [-0.2, 0) is 11.2 Å². The van der Waals surface area contributed by atoms with E-state index in [2.05, 4.69) is 11.4 Å². The van der Waals surface area contributed by atoms with Gasteiger partial charge in [-0.2, -0.15) is 5.26 Å². The summed E-state index contributed by atoms with van der Waals surface area (Å²) >= 11 is 0. The minimum absolute atomic E-state index is 0.0703. The number of fused-ring (bicyclic) bond motifs is 1. The number of nitrogens with zero attached hydrogens (tertiary/aromatic N) is 1. The van der Waals surface area contributed by atoms with Crippen molar-refractivity contribution < 1.29 is 4.79 Å². The minimum atomic E-state index is -0.587. The van der Waals surface area contributed by atoms with Gasteiger partial charge in [-0.3, -0.25) is 4.79 Å². The van der Waals surface area contributed by atoms with Gasteiger partial charge in [-0.1, -0.05) is 54.6 Å². The number of nitrogens with one attached hydrogen (secondary N) is 1. The average molecular weight is 262 g/mol. The minimum Gasteiger partial charge on any atom is -0.336 e. The van der Waals surface area contributed by atoms with E-state index in [-0.39, 0.29) is 11.8 Å². The number of hydrogen-bond donors (Lipinski definition) is 1. The second-order valence-corrected chi connectivity index (χ2v) is 4.94. The zero-order valence-electron chi connectivity index (χ0n) is 10.9. The van der Waals surface area contributed by atoms with Crippen LogP contribution in [-0.4, -0.2) is 5.91 Å². The molecule has 1 amide bonds. The summed E-state index contributed by atoms with van der Waals surface area (Å²) in [6, 6.07) is 18.8. The molecule has 3 nitrogen and oxygen atoms in total. The number of rotatable bonds is 3. The first kappa shape index (κ1) is 12.4. The van der Waals surface area contributed by atoms with Crippen LogP contribution in [0.3, 0.4) is 0 Å². The first-order valence-corrected chi connectivity index (χ1v) is 6.62. The molecule has 1 aliphatic carbocycles. The Morgan fingerprint density at radius 2 is 1.85 bits per heavy atom. The summed E-state index contributed by atoms with van der Waals surface area (Å²) < 4.78 is 0. The van der Waals surface area contributed by atoms with Crippen LogP contribution >= 0.6 is 0 Å². The van der Waals surface area contributed by atoms with Gasteiger partial charge >= 0.3 is 0 Å². The topological polar surface area (TPSA) is 52.9 Å². The Morgan fingerprint density at radius 3 is 2.55 bits per heavy atom. The maximum Gasteiger partial charge on any atom is 0.229 e. The monoisotopic (exact) mass is 262 g/mol. The fourth-order valence-corrected chi connectivity index (χ4v) is 2.57. The smallest absolute Gasteiger partial charge is 0.229 e. The lowest BCUT2D eigenvalue weighted by Gasteiger charge is -2.29. The number of carbonyl (C=O) groups is 1. The van der Waals surface area contributed by atoms with Gasteiger partial charge < -0.3 is 5.32 Å². The Morgan fingerprint density at radius 1 is 1.15 bits per heavy atom. The van der Waals surface area contributed by atoms with Gasteiger partial charge in [-0.25, -0.2) is 0 Å². The van der Waals surface area contributed by atoms with Crippen molar-refractivity contribution in [2.24, 2.45) is 0 Å². The molecular formula is C17H14N2O. The van der Waals surface area contributed by atoms with E-state index in [1.165, 1.54) is 5.56 Å². The molecule has 1 N–H and O–H groups in total. The molecular weight excluding hydrogens is 248 g/mol. The van der Waals surface area contributed by atoms with Gasteiger partial charge in [0, 0.05) is 0 Å². The molecule has 2 aromatic carbocycles. The first-order chi connectivity index (χ1) is 9.79. The van der Waals surface area contributed by atoms with E-state index in [9.17, 15) is 10.1 Å². The van der Waals surface area contributed by atoms with Crippen molar-refractivity contribution in [1.82, 2.24) is 5.32 Å². The normalized spacial score (nSPS) is 17.2. The molecule has 0 spiro atoms. The van der Waals surface area contributed by atoms with E-state index in [1.807, 2.05) is 54.6 Å².